The van der Waals surface area contributed by atoms with E-state index in [0.717, 1.165) is 6.42 Å². The Morgan fingerprint density at radius 2 is 1.74 bits per heavy atom. The molecule has 1 unspecified atom stereocenters. The lowest BCUT2D eigenvalue weighted by atomic mass is 9.91. The third kappa shape index (κ3) is 9.45. The van der Waals surface area contributed by atoms with Crippen LogP contribution in [0.15, 0.2) is 24.3 Å². The molecule has 0 aromatic carbocycles. The molecule has 110 valence electrons. The number of allylic oxidation sites excluding steroid dienone is 2. The van der Waals surface area contributed by atoms with E-state index in [0.29, 0.717) is 6.42 Å². The van der Waals surface area contributed by atoms with Gasteiger partial charge in [-0.3, -0.25) is 4.79 Å². The molecule has 0 aromatic rings. The summed E-state index contributed by atoms with van der Waals surface area (Å²) in [6, 6.07) is 0. The summed E-state index contributed by atoms with van der Waals surface area (Å²) in [5, 5.41) is 0. The van der Waals surface area contributed by atoms with Crippen molar-refractivity contribution in [3.05, 3.63) is 24.3 Å². The van der Waals surface area contributed by atoms with Gasteiger partial charge in [0.25, 0.3) is 0 Å². The van der Waals surface area contributed by atoms with Crippen molar-refractivity contribution in [2.24, 2.45) is 22.8 Å². The third-order valence-electron chi connectivity index (χ3n) is 2.64. The summed E-state index contributed by atoms with van der Waals surface area (Å²) in [5.41, 5.74) is 11.1. The van der Waals surface area contributed by atoms with Crippen LogP contribution in [0.5, 0.6) is 0 Å². The topological polar surface area (TPSA) is 78.3 Å². The number of rotatable bonds is 6. The number of hydrogen-bond donors (Lipinski definition) is 2. The largest absolute Gasteiger partial charge is 0.469 e. The molecule has 19 heavy (non-hydrogen) atoms. The molecule has 4 heteroatoms. The normalized spacial score (nSPS) is 15.1. The number of carbonyl (C=O) groups is 1. The number of nitrogens with two attached hydrogens (primary N) is 2. The number of esters is 1. The van der Waals surface area contributed by atoms with Gasteiger partial charge in [0, 0.05) is 0 Å². The SMILES string of the molecule is COC(=O)C(C)CC=CC(N)(N)C=CCC(C)(C)C. The Balaban J connectivity index is 4.32. The van der Waals surface area contributed by atoms with Crippen LogP contribution in [0.3, 0.4) is 0 Å². The highest BCUT2D eigenvalue weighted by molar-refractivity contribution is 5.71. The van der Waals surface area contributed by atoms with Crippen molar-refractivity contribution in [3.8, 4) is 0 Å². The van der Waals surface area contributed by atoms with Crippen molar-refractivity contribution >= 4 is 5.97 Å². The average Bonchev–Trinajstić information content (AvgIpc) is 2.25. The van der Waals surface area contributed by atoms with E-state index >= 15 is 0 Å². The molecule has 0 fully saturated rings. The zero-order valence-electron chi connectivity index (χ0n) is 12.8. The highest BCUT2D eigenvalue weighted by Gasteiger charge is 2.14. The van der Waals surface area contributed by atoms with Gasteiger partial charge >= 0.3 is 5.97 Å². The first-order chi connectivity index (χ1) is 8.57. The van der Waals surface area contributed by atoms with Gasteiger partial charge < -0.3 is 16.2 Å². The fourth-order valence-corrected chi connectivity index (χ4v) is 1.45. The van der Waals surface area contributed by atoms with Crippen molar-refractivity contribution in [2.45, 2.75) is 46.2 Å². The van der Waals surface area contributed by atoms with Crippen LogP contribution in [-0.2, 0) is 9.53 Å². The summed E-state index contributed by atoms with van der Waals surface area (Å²) >= 11 is 0. The molecule has 0 aliphatic rings. The second kappa shape index (κ2) is 7.46. The molecule has 0 heterocycles. The first-order valence-corrected chi connectivity index (χ1v) is 6.58. The molecule has 0 spiro atoms. The summed E-state index contributed by atoms with van der Waals surface area (Å²) in [7, 11) is 1.38. The van der Waals surface area contributed by atoms with Gasteiger partial charge in [0.2, 0.25) is 0 Å². The maximum Gasteiger partial charge on any atom is 0.308 e. The summed E-state index contributed by atoms with van der Waals surface area (Å²) < 4.78 is 4.65. The average molecular weight is 268 g/mol. The predicted octanol–water partition coefficient (Wildman–Crippen LogP) is 2.35. The maximum absolute atomic E-state index is 11.2. The Morgan fingerprint density at radius 1 is 1.21 bits per heavy atom. The Labute approximate surface area is 116 Å². The number of carbonyl (C=O) groups excluding carboxylic acids is 1. The lowest BCUT2D eigenvalue weighted by molar-refractivity contribution is -0.144. The predicted molar refractivity (Wildman–Crippen MR) is 79.3 cm³/mol. The van der Waals surface area contributed by atoms with Crippen LogP contribution in [0.1, 0.15) is 40.5 Å². The summed E-state index contributed by atoms with van der Waals surface area (Å²) in [5.74, 6) is -0.414. The minimum Gasteiger partial charge on any atom is -0.469 e. The van der Waals surface area contributed by atoms with Gasteiger partial charge in [-0.05, 0) is 18.3 Å². The van der Waals surface area contributed by atoms with E-state index in [-0.39, 0.29) is 17.3 Å². The highest BCUT2D eigenvalue weighted by atomic mass is 16.5. The fourth-order valence-electron chi connectivity index (χ4n) is 1.45. The molecule has 1 atom stereocenters. The van der Waals surface area contributed by atoms with E-state index in [1.165, 1.54) is 7.11 Å². The van der Waals surface area contributed by atoms with Crippen LogP contribution in [0.25, 0.3) is 0 Å². The molecule has 4 nitrogen and oxygen atoms in total. The summed E-state index contributed by atoms with van der Waals surface area (Å²) in [4.78, 5) is 11.2. The van der Waals surface area contributed by atoms with E-state index in [1.54, 1.807) is 19.1 Å². The molecule has 4 N–H and O–H groups in total. The lowest BCUT2D eigenvalue weighted by Gasteiger charge is -2.18. The smallest absolute Gasteiger partial charge is 0.308 e. The quantitative estimate of drug-likeness (QED) is 0.440. The van der Waals surface area contributed by atoms with E-state index in [9.17, 15) is 4.79 Å². The Kier molecular flexibility index (Phi) is 7.01. The van der Waals surface area contributed by atoms with Crippen LogP contribution in [0, 0.1) is 11.3 Å². The van der Waals surface area contributed by atoms with Crippen molar-refractivity contribution < 1.29 is 9.53 Å². The molecule has 0 rings (SSSR count). The van der Waals surface area contributed by atoms with Gasteiger partial charge in [0.15, 0.2) is 0 Å². The second-order valence-corrected chi connectivity index (χ2v) is 6.23. The van der Waals surface area contributed by atoms with Gasteiger partial charge in [0.1, 0.15) is 5.66 Å². The molecule has 0 saturated carbocycles. The van der Waals surface area contributed by atoms with Crippen LogP contribution >= 0.6 is 0 Å². The van der Waals surface area contributed by atoms with Crippen LogP contribution in [0.4, 0.5) is 0 Å². The molecule has 0 aliphatic carbocycles. The van der Waals surface area contributed by atoms with E-state index < -0.39 is 5.66 Å². The maximum atomic E-state index is 11.2. The monoisotopic (exact) mass is 268 g/mol. The summed E-state index contributed by atoms with van der Waals surface area (Å²) in [6.45, 7) is 8.26. The number of ether oxygens (including phenoxy) is 1. The van der Waals surface area contributed by atoms with Crippen molar-refractivity contribution in [2.75, 3.05) is 7.11 Å². The molecule has 0 amide bonds. The minimum atomic E-state index is -0.971. The summed E-state index contributed by atoms with van der Waals surface area (Å²) in [6.07, 6.45) is 8.80. The molecule has 0 bridgehead atoms. The molecule has 0 aromatic heterocycles. The van der Waals surface area contributed by atoms with Gasteiger partial charge in [0.05, 0.1) is 13.0 Å². The molecular formula is C15H28N2O2. The van der Waals surface area contributed by atoms with Crippen LogP contribution in [0.2, 0.25) is 0 Å². The van der Waals surface area contributed by atoms with E-state index in [4.69, 9.17) is 11.5 Å². The van der Waals surface area contributed by atoms with Gasteiger partial charge in [-0.1, -0.05) is 52.0 Å². The fraction of sp³-hybridized carbons (Fsp3) is 0.667. The van der Waals surface area contributed by atoms with Gasteiger partial charge in [-0.25, -0.2) is 0 Å². The van der Waals surface area contributed by atoms with Crippen LogP contribution < -0.4 is 11.5 Å². The Bertz CT molecular complexity index is 339. The molecule has 0 aliphatic heterocycles. The Hall–Kier alpha value is -1.13. The minimum absolute atomic E-state index is 0.185. The van der Waals surface area contributed by atoms with Crippen LogP contribution in [-0.4, -0.2) is 18.7 Å². The Morgan fingerprint density at radius 3 is 2.21 bits per heavy atom. The molecule has 0 radical (unpaired) electrons. The van der Waals surface area contributed by atoms with Crippen molar-refractivity contribution in [3.63, 3.8) is 0 Å². The molecular weight excluding hydrogens is 240 g/mol. The first-order valence-electron chi connectivity index (χ1n) is 6.58. The third-order valence-corrected chi connectivity index (χ3v) is 2.64. The zero-order chi connectivity index (χ0) is 15.1. The highest BCUT2D eigenvalue weighted by Crippen LogP contribution is 2.19. The van der Waals surface area contributed by atoms with Gasteiger partial charge in [-0.2, -0.15) is 0 Å². The van der Waals surface area contributed by atoms with Crippen molar-refractivity contribution in [1.29, 1.82) is 0 Å². The van der Waals surface area contributed by atoms with E-state index in [1.807, 2.05) is 12.2 Å². The van der Waals surface area contributed by atoms with E-state index in [2.05, 4.69) is 25.5 Å². The van der Waals surface area contributed by atoms with Crippen molar-refractivity contribution in [1.82, 2.24) is 0 Å². The zero-order valence-corrected chi connectivity index (χ0v) is 12.8. The standard InChI is InChI=1S/C15H28N2O2/c1-12(13(18)19-5)8-6-10-15(16,17)11-7-9-14(2,3)4/h6-7,10-12H,8-9,16-17H2,1-5H3. The lowest BCUT2D eigenvalue weighted by Crippen LogP contribution is -2.45. The first kappa shape index (κ1) is 17.9. The second-order valence-electron chi connectivity index (χ2n) is 6.23. The molecule has 0 saturated heterocycles. The number of hydrogen-bond acceptors (Lipinski definition) is 4. The van der Waals surface area contributed by atoms with Gasteiger partial charge in [-0.15, -0.1) is 0 Å². The number of methoxy groups -OCH3 is 1.